The summed E-state index contributed by atoms with van der Waals surface area (Å²) in [4.78, 5) is 12.2. The van der Waals surface area contributed by atoms with Crippen molar-refractivity contribution < 1.29 is 14.3 Å². The number of ether oxygens (including phenoxy) is 2. The van der Waals surface area contributed by atoms with Gasteiger partial charge in [0.05, 0.1) is 26.0 Å². The van der Waals surface area contributed by atoms with Crippen molar-refractivity contribution in [3.63, 3.8) is 0 Å². The summed E-state index contributed by atoms with van der Waals surface area (Å²) in [5, 5.41) is 6.17. The minimum absolute atomic E-state index is 0.0786. The van der Waals surface area contributed by atoms with Gasteiger partial charge >= 0.3 is 0 Å². The van der Waals surface area contributed by atoms with Crippen LogP contribution in [0.2, 0.25) is 0 Å². The summed E-state index contributed by atoms with van der Waals surface area (Å²) in [5.41, 5.74) is 3.93. The topological polar surface area (TPSA) is 51.1 Å². The lowest BCUT2D eigenvalue weighted by molar-refractivity contribution is -0.130. The third-order valence-corrected chi connectivity index (χ3v) is 4.50. The Kier molecular flexibility index (Phi) is 4.74. The van der Waals surface area contributed by atoms with Crippen molar-refractivity contribution >= 4 is 11.6 Å². The van der Waals surface area contributed by atoms with Crippen molar-refractivity contribution in [1.29, 1.82) is 0 Å². The van der Waals surface area contributed by atoms with E-state index in [0.717, 1.165) is 28.2 Å². The lowest BCUT2D eigenvalue weighted by atomic mass is 9.95. The minimum Gasteiger partial charge on any atom is -0.497 e. The van der Waals surface area contributed by atoms with E-state index in [9.17, 15) is 4.79 Å². The van der Waals surface area contributed by atoms with Gasteiger partial charge in [0.2, 0.25) is 5.91 Å². The molecule has 0 spiro atoms. The highest BCUT2D eigenvalue weighted by Gasteiger charge is 2.33. The maximum atomic E-state index is 12.2. The summed E-state index contributed by atoms with van der Waals surface area (Å²) in [6.45, 7) is 3.60. The third-order valence-electron chi connectivity index (χ3n) is 4.50. The third kappa shape index (κ3) is 3.22. The number of hydrazone groups is 1. The second-order valence-electron chi connectivity index (χ2n) is 6.05. The van der Waals surface area contributed by atoms with Gasteiger partial charge in [0.1, 0.15) is 11.5 Å². The molecule has 0 bridgehead atoms. The number of hydrogen-bond donors (Lipinski definition) is 0. The molecule has 0 saturated carbocycles. The molecular formula is C20H22N2O3. The van der Waals surface area contributed by atoms with Gasteiger partial charge in [0.25, 0.3) is 0 Å². The average Bonchev–Trinajstić information content (AvgIpc) is 3.06. The number of benzene rings is 2. The molecule has 0 radical (unpaired) electrons. The van der Waals surface area contributed by atoms with Crippen LogP contribution < -0.4 is 9.47 Å². The molecule has 3 rings (SSSR count). The Labute approximate surface area is 147 Å². The van der Waals surface area contributed by atoms with Crippen LogP contribution in [0.3, 0.4) is 0 Å². The lowest BCUT2D eigenvalue weighted by Gasteiger charge is -2.22. The quantitative estimate of drug-likeness (QED) is 0.854. The predicted molar refractivity (Wildman–Crippen MR) is 97.1 cm³/mol. The Morgan fingerprint density at radius 1 is 1.16 bits per heavy atom. The van der Waals surface area contributed by atoms with Gasteiger partial charge in [0.15, 0.2) is 0 Å². The van der Waals surface area contributed by atoms with Crippen LogP contribution >= 0.6 is 0 Å². The zero-order chi connectivity index (χ0) is 18.0. The van der Waals surface area contributed by atoms with Crippen LogP contribution in [0.15, 0.2) is 47.6 Å². The second-order valence-corrected chi connectivity index (χ2v) is 6.05. The van der Waals surface area contributed by atoms with Crippen molar-refractivity contribution in [2.24, 2.45) is 5.10 Å². The van der Waals surface area contributed by atoms with Gasteiger partial charge in [-0.15, -0.1) is 0 Å². The molecule has 0 N–H and O–H groups in total. The van der Waals surface area contributed by atoms with Crippen LogP contribution in [0.25, 0.3) is 0 Å². The Balaban J connectivity index is 2.03. The zero-order valence-electron chi connectivity index (χ0n) is 14.9. The summed E-state index contributed by atoms with van der Waals surface area (Å²) < 4.78 is 10.8. The summed E-state index contributed by atoms with van der Waals surface area (Å²) >= 11 is 0. The first kappa shape index (κ1) is 17.0. The number of carbonyl (C=O) groups is 1. The molecule has 2 aromatic rings. The molecule has 0 unspecified atom stereocenters. The van der Waals surface area contributed by atoms with E-state index in [2.05, 4.69) is 24.2 Å². The molecule has 0 saturated heterocycles. The Morgan fingerprint density at radius 2 is 1.92 bits per heavy atom. The van der Waals surface area contributed by atoms with Crippen molar-refractivity contribution in [2.75, 3.05) is 14.2 Å². The molecule has 1 amide bonds. The summed E-state index contributed by atoms with van der Waals surface area (Å²) in [6, 6.07) is 13.6. The normalized spacial score (nSPS) is 16.6. The highest BCUT2D eigenvalue weighted by atomic mass is 16.5. The maximum absolute atomic E-state index is 12.2. The highest BCUT2D eigenvalue weighted by molar-refractivity contribution is 6.05. The Morgan fingerprint density at radius 3 is 2.56 bits per heavy atom. The van der Waals surface area contributed by atoms with Crippen molar-refractivity contribution in [3.05, 3.63) is 59.2 Å². The zero-order valence-corrected chi connectivity index (χ0v) is 14.9. The fraction of sp³-hybridized carbons (Fsp3) is 0.300. The van der Waals surface area contributed by atoms with E-state index in [1.165, 1.54) is 0 Å². The number of aryl methyl sites for hydroxylation is 1. The first-order chi connectivity index (χ1) is 12.0. The van der Waals surface area contributed by atoms with E-state index in [4.69, 9.17) is 9.47 Å². The number of nitrogens with zero attached hydrogens (tertiary/aromatic N) is 2. The fourth-order valence-electron chi connectivity index (χ4n) is 3.21. The number of methoxy groups -OCH3 is 2. The van der Waals surface area contributed by atoms with E-state index in [1.807, 2.05) is 30.3 Å². The molecule has 5 heteroatoms. The molecule has 0 aromatic heterocycles. The average molecular weight is 338 g/mol. The number of hydrogen-bond acceptors (Lipinski definition) is 4. The molecule has 2 aromatic carbocycles. The number of amides is 1. The smallest absolute Gasteiger partial charge is 0.240 e. The van der Waals surface area contributed by atoms with Crippen molar-refractivity contribution in [2.45, 2.75) is 26.3 Å². The van der Waals surface area contributed by atoms with Crippen molar-refractivity contribution in [3.8, 4) is 11.5 Å². The monoisotopic (exact) mass is 338 g/mol. The van der Waals surface area contributed by atoms with E-state index >= 15 is 0 Å². The van der Waals surface area contributed by atoms with Gasteiger partial charge in [-0.3, -0.25) is 4.79 Å². The van der Waals surface area contributed by atoms with Crippen LogP contribution in [0.1, 0.15) is 36.1 Å². The lowest BCUT2D eigenvalue weighted by Crippen LogP contribution is -2.24. The van der Waals surface area contributed by atoms with Crippen LogP contribution in [-0.4, -0.2) is 30.8 Å². The number of rotatable bonds is 4. The fourth-order valence-corrected chi connectivity index (χ4v) is 3.21. The van der Waals surface area contributed by atoms with Gasteiger partial charge < -0.3 is 9.47 Å². The highest BCUT2D eigenvalue weighted by Crippen LogP contribution is 2.37. The molecule has 1 atom stereocenters. The molecule has 0 fully saturated rings. The van der Waals surface area contributed by atoms with Crippen LogP contribution in [0.4, 0.5) is 0 Å². The van der Waals surface area contributed by atoms with Gasteiger partial charge in [0, 0.05) is 18.9 Å². The summed E-state index contributed by atoms with van der Waals surface area (Å²) in [5.74, 6) is 1.37. The van der Waals surface area contributed by atoms with Gasteiger partial charge in [-0.1, -0.05) is 24.3 Å². The molecule has 0 aliphatic carbocycles. The molecule has 5 nitrogen and oxygen atoms in total. The van der Waals surface area contributed by atoms with E-state index < -0.39 is 0 Å². The molecular weight excluding hydrogens is 316 g/mol. The molecule has 1 aliphatic heterocycles. The molecule has 1 aliphatic rings. The second kappa shape index (κ2) is 6.97. The van der Waals surface area contributed by atoms with Gasteiger partial charge in [-0.25, -0.2) is 5.01 Å². The first-order valence-corrected chi connectivity index (χ1v) is 8.20. The van der Waals surface area contributed by atoms with Crippen LogP contribution in [0, 0.1) is 6.92 Å². The summed E-state index contributed by atoms with van der Waals surface area (Å²) in [6.07, 6.45) is 0.633. The van der Waals surface area contributed by atoms with Crippen LogP contribution in [-0.2, 0) is 4.79 Å². The first-order valence-electron chi connectivity index (χ1n) is 8.20. The summed E-state index contributed by atoms with van der Waals surface area (Å²) in [7, 11) is 3.25. The van der Waals surface area contributed by atoms with E-state index in [0.29, 0.717) is 12.2 Å². The van der Waals surface area contributed by atoms with Crippen molar-refractivity contribution in [1.82, 2.24) is 5.01 Å². The van der Waals surface area contributed by atoms with Gasteiger partial charge in [-0.05, 0) is 36.2 Å². The Bertz CT molecular complexity index is 829. The van der Waals surface area contributed by atoms with E-state index in [1.54, 1.807) is 26.2 Å². The standard InChI is InChI=1S/C20H22N2O3/c1-13-7-5-6-8-16(13)19-12-18(21-22(19)14(2)23)17-11-15(24-3)9-10-20(17)25-4/h5-11,19H,12H2,1-4H3/t19-/m0/s1. The van der Waals surface area contributed by atoms with E-state index in [-0.39, 0.29) is 11.9 Å². The number of carbonyl (C=O) groups excluding carboxylic acids is 1. The molecule has 25 heavy (non-hydrogen) atoms. The van der Waals surface area contributed by atoms with Crippen LogP contribution in [0.5, 0.6) is 11.5 Å². The Hall–Kier alpha value is -2.82. The maximum Gasteiger partial charge on any atom is 0.240 e. The minimum atomic E-state index is -0.107. The largest absolute Gasteiger partial charge is 0.497 e. The molecule has 1 heterocycles. The molecule has 130 valence electrons. The van der Waals surface area contributed by atoms with Gasteiger partial charge in [-0.2, -0.15) is 5.10 Å². The SMILES string of the molecule is COc1ccc(OC)c(C2=NN(C(C)=O)[C@H](c3ccccc3C)C2)c1. The predicted octanol–water partition coefficient (Wildman–Crippen LogP) is 3.71.